The fraction of sp³-hybridized carbons (Fsp3) is 0.500. The molecule has 1 aliphatic heterocycles. The van der Waals surface area contributed by atoms with E-state index in [1.807, 2.05) is 77.9 Å². The summed E-state index contributed by atoms with van der Waals surface area (Å²) in [7, 11) is 0. The zero-order chi connectivity index (χ0) is 26.1. The number of benzene rings is 2. The molecule has 0 atom stereocenters. The highest BCUT2D eigenvalue weighted by Crippen LogP contribution is 2.11. The van der Waals surface area contributed by atoms with Gasteiger partial charge in [-0.05, 0) is 76.9 Å². The van der Waals surface area contributed by atoms with Crippen molar-refractivity contribution in [3.05, 3.63) is 70.8 Å². The summed E-state index contributed by atoms with van der Waals surface area (Å²) in [6, 6.07) is 15.3. The standard InChI is InChI=1S/C16H25N3O.C12H16ClNO/c1-16(2,3)18-15(20)14-6-4-5-13(11-14)12-19-9-7-17-8-10-19;1-12(2,3)14-11(15)10-6-4-5-9(7-10)8-13/h4-6,11,17H,7-10,12H2,1-3H3,(H,18,20);4-7H,8H2,1-3H3,(H,14,15). The quantitative estimate of drug-likeness (QED) is 0.526. The Kier molecular flexibility index (Phi) is 10.7. The Morgan fingerprint density at radius 2 is 1.29 bits per heavy atom. The number of carbonyl (C=O) groups excluding carboxylic acids is 2. The van der Waals surface area contributed by atoms with Crippen LogP contribution in [0.1, 0.15) is 73.4 Å². The molecular formula is C28H41ClN4O2. The van der Waals surface area contributed by atoms with E-state index >= 15 is 0 Å². The third-order valence-electron chi connectivity index (χ3n) is 5.13. The van der Waals surface area contributed by atoms with E-state index in [4.69, 9.17) is 11.6 Å². The fourth-order valence-electron chi connectivity index (χ4n) is 3.56. The van der Waals surface area contributed by atoms with E-state index in [0.717, 1.165) is 43.9 Å². The molecule has 1 saturated heterocycles. The van der Waals surface area contributed by atoms with Crippen LogP contribution in [0.4, 0.5) is 0 Å². The molecule has 1 aliphatic rings. The van der Waals surface area contributed by atoms with Gasteiger partial charge in [-0.25, -0.2) is 0 Å². The molecule has 0 aromatic heterocycles. The zero-order valence-electron chi connectivity index (χ0n) is 22.0. The average molecular weight is 501 g/mol. The first-order chi connectivity index (χ1) is 16.4. The first-order valence-corrected chi connectivity index (χ1v) is 12.7. The number of hydrogen-bond acceptors (Lipinski definition) is 4. The van der Waals surface area contributed by atoms with Gasteiger partial charge in [0.15, 0.2) is 0 Å². The summed E-state index contributed by atoms with van der Waals surface area (Å²) in [5.41, 5.74) is 3.14. The molecule has 0 spiro atoms. The fourth-order valence-corrected chi connectivity index (χ4v) is 3.73. The molecular weight excluding hydrogens is 460 g/mol. The van der Waals surface area contributed by atoms with Gasteiger partial charge in [0.1, 0.15) is 0 Å². The van der Waals surface area contributed by atoms with E-state index in [0.29, 0.717) is 11.4 Å². The smallest absolute Gasteiger partial charge is 0.251 e. The van der Waals surface area contributed by atoms with Crippen LogP contribution in [0.25, 0.3) is 0 Å². The van der Waals surface area contributed by atoms with Crippen LogP contribution in [0.15, 0.2) is 48.5 Å². The Labute approximate surface area is 215 Å². The minimum atomic E-state index is -0.214. The van der Waals surface area contributed by atoms with Gasteiger partial charge in [-0.3, -0.25) is 14.5 Å². The van der Waals surface area contributed by atoms with Crippen molar-refractivity contribution in [1.82, 2.24) is 20.9 Å². The zero-order valence-corrected chi connectivity index (χ0v) is 22.8. The summed E-state index contributed by atoms with van der Waals surface area (Å²) in [4.78, 5) is 26.4. The average Bonchev–Trinajstić information content (AvgIpc) is 2.78. The first-order valence-electron chi connectivity index (χ1n) is 12.2. The Hall–Kier alpha value is -2.41. The number of hydrogen-bond donors (Lipinski definition) is 3. The number of nitrogens with one attached hydrogen (secondary N) is 3. The lowest BCUT2D eigenvalue weighted by Gasteiger charge is -2.27. The first kappa shape index (κ1) is 28.8. The second-order valence-corrected chi connectivity index (χ2v) is 11.2. The summed E-state index contributed by atoms with van der Waals surface area (Å²) in [6.07, 6.45) is 0. The third-order valence-corrected chi connectivity index (χ3v) is 5.43. The third kappa shape index (κ3) is 11.2. The Morgan fingerprint density at radius 1 is 0.829 bits per heavy atom. The molecule has 7 heteroatoms. The van der Waals surface area contributed by atoms with Gasteiger partial charge in [0.25, 0.3) is 11.8 Å². The highest BCUT2D eigenvalue weighted by Gasteiger charge is 2.17. The van der Waals surface area contributed by atoms with Crippen molar-refractivity contribution in [1.29, 1.82) is 0 Å². The maximum Gasteiger partial charge on any atom is 0.251 e. The molecule has 2 aromatic rings. The number of piperazine rings is 1. The predicted octanol–water partition coefficient (Wildman–Crippen LogP) is 4.57. The Balaban J connectivity index is 0.000000258. The molecule has 6 nitrogen and oxygen atoms in total. The van der Waals surface area contributed by atoms with Gasteiger partial charge in [0.2, 0.25) is 0 Å². The minimum absolute atomic E-state index is 0.000314. The van der Waals surface area contributed by atoms with Crippen LogP contribution in [0.3, 0.4) is 0 Å². The molecule has 3 rings (SSSR count). The van der Waals surface area contributed by atoms with E-state index in [-0.39, 0.29) is 22.9 Å². The number of carbonyl (C=O) groups is 2. The van der Waals surface area contributed by atoms with Gasteiger partial charge in [0.05, 0.1) is 0 Å². The molecule has 35 heavy (non-hydrogen) atoms. The maximum atomic E-state index is 12.2. The van der Waals surface area contributed by atoms with Crippen molar-refractivity contribution in [3.63, 3.8) is 0 Å². The summed E-state index contributed by atoms with van der Waals surface area (Å²) in [5.74, 6) is 0.366. The maximum absolute atomic E-state index is 12.2. The van der Waals surface area contributed by atoms with E-state index in [9.17, 15) is 9.59 Å². The van der Waals surface area contributed by atoms with Crippen molar-refractivity contribution in [2.24, 2.45) is 0 Å². The van der Waals surface area contributed by atoms with Crippen molar-refractivity contribution >= 4 is 23.4 Å². The lowest BCUT2D eigenvalue weighted by Crippen LogP contribution is -2.43. The minimum Gasteiger partial charge on any atom is -0.347 e. The lowest BCUT2D eigenvalue weighted by atomic mass is 10.1. The number of nitrogens with zero attached hydrogens (tertiary/aromatic N) is 1. The van der Waals surface area contributed by atoms with Crippen LogP contribution in [0.5, 0.6) is 0 Å². The summed E-state index contributed by atoms with van der Waals surface area (Å²) < 4.78 is 0. The van der Waals surface area contributed by atoms with Crippen molar-refractivity contribution in [2.45, 2.75) is 65.0 Å². The van der Waals surface area contributed by atoms with Crippen molar-refractivity contribution in [3.8, 4) is 0 Å². The molecule has 0 aliphatic carbocycles. The van der Waals surface area contributed by atoms with Crippen LogP contribution in [-0.4, -0.2) is 54.0 Å². The van der Waals surface area contributed by atoms with Crippen LogP contribution in [0.2, 0.25) is 0 Å². The second-order valence-electron chi connectivity index (χ2n) is 11.0. The van der Waals surface area contributed by atoms with Crippen molar-refractivity contribution < 1.29 is 9.59 Å². The molecule has 0 radical (unpaired) electrons. The molecule has 0 saturated carbocycles. The largest absolute Gasteiger partial charge is 0.347 e. The summed E-state index contributed by atoms with van der Waals surface area (Å²) in [6.45, 7) is 17.0. The number of alkyl halides is 1. The molecule has 3 N–H and O–H groups in total. The number of rotatable bonds is 5. The number of amides is 2. The van der Waals surface area contributed by atoms with E-state index in [1.54, 1.807) is 6.07 Å². The van der Waals surface area contributed by atoms with Crippen LogP contribution in [0, 0.1) is 0 Å². The SMILES string of the molecule is CC(C)(C)NC(=O)c1cccc(CCl)c1.CC(C)(C)NC(=O)c1cccc(CN2CCNCC2)c1. The van der Waals surface area contributed by atoms with Gasteiger partial charge >= 0.3 is 0 Å². The van der Waals surface area contributed by atoms with Gasteiger partial charge in [-0.2, -0.15) is 0 Å². The Bertz CT molecular complexity index is 973. The van der Waals surface area contributed by atoms with E-state index < -0.39 is 0 Å². The van der Waals surface area contributed by atoms with Crippen molar-refractivity contribution in [2.75, 3.05) is 26.2 Å². The predicted molar refractivity (Wildman–Crippen MR) is 145 cm³/mol. The topological polar surface area (TPSA) is 73.5 Å². The molecule has 2 amide bonds. The van der Waals surface area contributed by atoms with Crippen LogP contribution in [-0.2, 0) is 12.4 Å². The summed E-state index contributed by atoms with van der Waals surface area (Å²) in [5, 5.41) is 9.26. The van der Waals surface area contributed by atoms with E-state index in [2.05, 4.69) is 26.9 Å². The van der Waals surface area contributed by atoms with Gasteiger partial charge < -0.3 is 16.0 Å². The van der Waals surface area contributed by atoms with Gasteiger partial charge in [0, 0.05) is 60.8 Å². The highest BCUT2D eigenvalue weighted by atomic mass is 35.5. The monoisotopic (exact) mass is 500 g/mol. The molecule has 192 valence electrons. The molecule has 1 heterocycles. The van der Waals surface area contributed by atoms with Crippen LogP contribution < -0.4 is 16.0 Å². The van der Waals surface area contributed by atoms with Gasteiger partial charge in [-0.1, -0.05) is 24.3 Å². The summed E-state index contributed by atoms with van der Waals surface area (Å²) >= 11 is 5.70. The Morgan fingerprint density at radius 3 is 1.74 bits per heavy atom. The highest BCUT2D eigenvalue weighted by molar-refractivity contribution is 6.17. The van der Waals surface area contributed by atoms with Gasteiger partial charge in [-0.15, -0.1) is 11.6 Å². The second kappa shape index (κ2) is 13.1. The number of halogens is 1. The molecule has 0 unspecified atom stereocenters. The van der Waals surface area contributed by atoms with Crippen LogP contribution >= 0.6 is 11.6 Å². The molecule has 0 bridgehead atoms. The lowest BCUT2D eigenvalue weighted by molar-refractivity contribution is 0.0910. The normalized spacial score (nSPS) is 14.5. The molecule has 1 fully saturated rings. The molecule has 2 aromatic carbocycles. The van der Waals surface area contributed by atoms with E-state index in [1.165, 1.54) is 5.56 Å².